The third-order valence-corrected chi connectivity index (χ3v) is 3.87. The Kier molecular flexibility index (Phi) is 9.00. The third kappa shape index (κ3) is 7.19. The van der Waals surface area contributed by atoms with Gasteiger partial charge in [-0.1, -0.05) is 24.3 Å². The summed E-state index contributed by atoms with van der Waals surface area (Å²) in [5, 5.41) is 6.58. The van der Waals surface area contributed by atoms with Crippen LogP contribution in [-0.4, -0.2) is 39.9 Å². The lowest BCUT2D eigenvalue weighted by Crippen LogP contribution is -2.37. The maximum Gasteiger partial charge on any atom is 0.191 e. The lowest BCUT2D eigenvalue weighted by atomic mass is 10.2. The van der Waals surface area contributed by atoms with Crippen molar-refractivity contribution in [3.63, 3.8) is 0 Å². The number of methoxy groups -OCH3 is 1. The molecule has 0 saturated carbocycles. The SMILES string of the molecule is CCOCCCNC(=NC)NCc1ccc(Oc2ccccc2OC)cc1. The van der Waals surface area contributed by atoms with E-state index in [4.69, 9.17) is 14.2 Å². The number of nitrogens with one attached hydrogen (secondary N) is 2. The zero-order valence-corrected chi connectivity index (χ0v) is 16.3. The molecule has 0 spiro atoms. The van der Waals surface area contributed by atoms with E-state index in [-0.39, 0.29) is 0 Å². The summed E-state index contributed by atoms with van der Waals surface area (Å²) in [7, 11) is 3.40. The minimum absolute atomic E-state index is 0.681. The molecule has 2 N–H and O–H groups in total. The first-order valence-corrected chi connectivity index (χ1v) is 9.19. The minimum atomic E-state index is 0.681. The maximum absolute atomic E-state index is 5.89. The molecule has 6 heteroatoms. The summed E-state index contributed by atoms with van der Waals surface area (Å²) in [5.41, 5.74) is 1.14. The van der Waals surface area contributed by atoms with Crippen LogP contribution >= 0.6 is 0 Å². The molecular weight excluding hydrogens is 342 g/mol. The molecule has 0 heterocycles. The Morgan fingerprint density at radius 3 is 2.41 bits per heavy atom. The van der Waals surface area contributed by atoms with Crippen LogP contribution < -0.4 is 20.1 Å². The van der Waals surface area contributed by atoms with Crippen LogP contribution in [0.2, 0.25) is 0 Å². The summed E-state index contributed by atoms with van der Waals surface area (Å²) < 4.78 is 16.5. The Morgan fingerprint density at radius 1 is 1.00 bits per heavy atom. The lowest BCUT2D eigenvalue weighted by molar-refractivity contribution is 0.145. The van der Waals surface area contributed by atoms with Gasteiger partial charge in [0.1, 0.15) is 5.75 Å². The molecule has 0 fully saturated rings. The van der Waals surface area contributed by atoms with Gasteiger partial charge in [-0.15, -0.1) is 0 Å². The number of para-hydroxylation sites is 2. The number of nitrogens with zero attached hydrogens (tertiary/aromatic N) is 1. The summed E-state index contributed by atoms with van der Waals surface area (Å²) in [6, 6.07) is 15.5. The van der Waals surface area contributed by atoms with Crippen molar-refractivity contribution in [2.75, 3.05) is 33.9 Å². The summed E-state index contributed by atoms with van der Waals surface area (Å²) in [6.07, 6.45) is 0.948. The fourth-order valence-electron chi connectivity index (χ4n) is 2.44. The molecule has 27 heavy (non-hydrogen) atoms. The molecule has 0 atom stereocenters. The van der Waals surface area contributed by atoms with E-state index in [1.807, 2.05) is 55.5 Å². The van der Waals surface area contributed by atoms with Crippen LogP contribution in [0.3, 0.4) is 0 Å². The number of rotatable bonds is 10. The topological polar surface area (TPSA) is 64.1 Å². The van der Waals surface area contributed by atoms with Gasteiger partial charge in [0.15, 0.2) is 17.5 Å². The zero-order chi connectivity index (χ0) is 19.3. The standard InChI is InChI=1S/C21H29N3O3/c1-4-26-15-7-14-23-21(22-2)24-16-17-10-12-18(13-11-17)27-20-9-6-5-8-19(20)25-3/h5-6,8-13H,4,7,14-16H2,1-3H3,(H2,22,23,24). The van der Waals surface area contributed by atoms with Gasteiger partial charge in [0.05, 0.1) is 7.11 Å². The molecule has 0 aliphatic heterocycles. The van der Waals surface area contributed by atoms with E-state index in [0.717, 1.165) is 43.5 Å². The van der Waals surface area contributed by atoms with E-state index >= 15 is 0 Å². The Labute approximate surface area is 161 Å². The van der Waals surface area contributed by atoms with E-state index in [0.29, 0.717) is 18.0 Å². The van der Waals surface area contributed by atoms with Crippen molar-refractivity contribution < 1.29 is 14.2 Å². The fourth-order valence-corrected chi connectivity index (χ4v) is 2.44. The smallest absolute Gasteiger partial charge is 0.191 e. The van der Waals surface area contributed by atoms with Crippen molar-refractivity contribution in [3.05, 3.63) is 54.1 Å². The minimum Gasteiger partial charge on any atom is -0.493 e. The Balaban J connectivity index is 1.81. The number of guanidine groups is 1. The van der Waals surface area contributed by atoms with Crippen molar-refractivity contribution in [1.29, 1.82) is 0 Å². The maximum atomic E-state index is 5.89. The molecule has 0 aliphatic rings. The largest absolute Gasteiger partial charge is 0.493 e. The molecule has 0 aromatic heterocycles. The first kappa shape index (κ1) is 20.6. The summed E-state index contributed by atoms with van der Waals surface area (Å²) in [6.45, 7) is 5.02. The molecular formula is C21H29N3O3. The van der Waals surface area contributed by atoms with Gasteiger partial charge in [-0.05, 0) is 43.2 Å². The van der Waals surface area contributed by atoms with E-state index in [9.17, 15) is 0 Å². The predicted octanol–water partition coefficient (Wildman–Crippen LogP) is 3.58. The number of hydrogen-bond donors (Lipinski definition) is 2. The monoisotopic (exact) mass is 371 g/mol. The van der Waals surface area contributed by atoms with Gasteiger partial charge in [0.25, 0.3) is 0 Å². The second kappa shape index (κ2) is 11.8. The van der Waals surface area contributed by atoms with Gasteiger partial charge in [-0.25, -0.2) is 0 Å². The molecule has 0 saturated heterocycles. The van der Waals surface area contributed by atoms with Crippen LogP contribution in [0.15, 0.2) is 53.5 Å². The molecule has 2 rings (SSSR count). The first-order valence-electron chi connectivity index (χ1n) is 9.19. The quantitative estimate of drug-likeness (QED) is 0.380. The molecule has 2 aromatic rings. The molecule has 2 aromatic carbocycles. The van der Waals surface area contributed by atoms with E-state index in [1.165, 1.54) is 0 Å². The fraction of sp³-hybridized carbons (Fsp3) is 0.381. The highest BCUT2D eigenvalue weighted by Gasteiger charge is 2.04. The Bertz CT molecular complexity index is 702. The van der Waals surface area contributed by atoms with Gasteiger partial charge in [-0.3, -0.25) is 4.99 Å². The zero-order valence-electron chi connectivity index (χ0n) is 16.3. The highest BCUT2D eigenvalue weighted by Crippen LogP contribution is 2.30. The first-order chi connectivity index (χ1) is 13.3. The third-order valence-electron chi connectivity index (χ3n) is 3.87. The van der Waals surface area contributed by atoms with Crippen LogP contribution in [0, 0.1) is 0 Å². The molecule has 0 radical (unpaired) electrons. The van der Waals surface area contributed by atoms with Crippen LogP contribution in [0.25, 0.3) is 0 Å². The van der Waals surface area contributed by atoms with E-state index < -0.39 is 0 Å². The lowest BCUT2D eigenvalue weighted by Gasteiger charge is -2.13. The van der Waals surface area contributed by atoms with Crippen molar-refractivity contribution in [1.82, 2.24) is 10.6 Å². The normalized spacial score (nSPS) is 11.1. The van der Waals surface area contributed by atoms with Gasteiger partial charge < -0.3 is 24.8 Å². The highest BCUT2D eigenvalue weighted by atomic mass is 16.5. The van der Waals surface area contributed by atoms with Crippen molar-refractivity contribution in [2.24, 2.45) is 4.99 Å². The van der Waals surface area contributed by atoms with Gasteiger partial charge in [0.2, 0.25) is 0 Å². The van der Waals surface area contributed by atoms with Crippen molar-refractivity contribution in [2.45, 2.75) is 19.9 Å². The van der Waals surface area contributed by atoms with Gasteiger partial charge in [0, 0.05) is 33.4 Å². The summed E-state index contributed by atoms with van der Waals surface area (Å²) in [4.78, 5) is 4.23. The van der Waals surface area contributed by atoms with Crippen molar-refractivity contribution in [3.8, 4) is 17.2 Å². The molecule has 6 nitrogen and oxygen atoms in total. The second-order valence-electron chi connectivity index (χ2n) is 5.80. The summed E-state index contributed by atoms with van der Waals surface area (Å²) in [5.74, 6) is 2.95. The number of benzene rings is 2. The van der Waals surface area contributed by atoms with Crippen LogP contribution in [0.5, 0.6) is 17.2 Å². The molecule has 0 unspecified atom stereocenters. The number of ether oxygens (including phenoxy) is 3. The van der Waals surface area contributed by atoms with Crippen LogP contribution in [0.4, 0.5) is 0 Å². The molecule has 146 valence electrons. The predicted molar refractivity (Wildman–Crippen MR) is 109 cm³/mol. The number of aliphatic imine (C=N–C) groups is 1. The molecule has 0 aliphatic carbocycles. The Morgan fingerprint density at radius 2 is 1.74 bits per heavy atom. The second-order valence-corrected chi connectivity index (χ2v) is 5.80. The molecule has 0 amide bonds. The van der Waals surface area contributed by atoms with E-state index in [1.54, 1.807) is 14.2 Å². The average molecular weight is 371 g/mol. The van der Waals surface area contributed by atoms with Crippen LogP contribution in [-0.2, 0) is 11.3 Å². The van der Waals surface area contributed by atoms with Crippen molar-refractivity contribution >= 4 is 5.96 Å². The van der Waals surface area contributed by atoms with Gasteiger partial charge in [-0.2, -0.15) is 0 Å². The van der Waals surface area contributed by atoms with Gasteiger partial charge >= 0.3 is 0 Å². The van der Waals surface area contributed by atoms with E-state index in [2.05, 4.69) is 15.6 Å². The highest BCUT2D eigenvalue weighted by molar-refractivity contribution is 5.79. The Hall–Kier alpha value is -2.73. The number of hydrogen-bond acceptors (Lipinski definition) is 4. The summed E-state index contributed by atoms with van der Waals surface area (Å²) >= 11 is 0. The van der Waals surface area contributed by atoms with Crippen LogP contribution in [0.1, 0.15) is 18.9 Å². The molecule has 0 bridgehead atoms. The average Bonchev–Trinajstić information content (AvgIpc) is 2.71.